The first-order valence-corrected chi connectivity index (χ1v) is 7.81. The molecule has 128 valence electrons. The zero-order valence-corrected chi connectivity index (χ0v) is 14.1. The average Bonchev–Trinajstić information content (AvgIpc) is 2.66. The van der Waals surface area contributed by atoms with Gasteiger partial charge in [0.15, 0.2) is 0 Å². The van der Waals surface area contributed by atoms with E-state index < -0.39 is 0 Å². The van der Waals surface area contributed by atoms with Crippen LogP contribution < -0.4 is 20.3 Å². The van der Waals surface area contributed by atoms with Crippen LogP contribution >= 0.6 is 0 Å². The Kier molecular flexibility index (Phi) is 4.99. The van der Waals surface area contributed by atoms with Crippen molar-refractivity contribution >= 4 is 5.95 Å². The summed E-state index contributed by atoms with van der Waals surface area (Å²) in [5, 5.41) is 3.14. The molecule has 2 N–H and O–H groups in total. The maximum Gasteiger partial charge on any atom is 0.252 e. The van der Waals surface area contributed by atoms with Crippen molar-refractivity contribution in [3.05, 3.63) is 70.5 Å². The molecule has 25 heavy (non-hydrogen) atoms. The zero-order chi connectivity index (χ0) is 17.6. The van der Waals surface area contributed by atoms with Gasteiger partial charge < -0.3 is 14.8 Å². The normalized spacial score (nSPS) is 10.3. The molecule has 1 aromatic heterocycles. The number of anilines is 1. The monoisotopic (exact) mass is 337 g/mol. The van der Waals surface area contributed by atoms with Crippen LogP contribution in [0.1, 0.15) is 5.56 Å². The molecule has 0 aliphatic carbocycles. The molecule has 0 unspecified atom stereocenters. The minimum absolute atomic E-state index is 0.219. The summed E-state index contributed by atoms with van der Waals surface area (Å²) in [5.41, 5.74) is 2.19. The smallest absolute Gasteiger partial charge is 0.252 e. The van der Waals surface area contributed by atoms with E-state index in [1.54, 1.807) is 14.2 Å². The second kappa shape index (κ2) is 7.53. The molecule has 0 aliphatic rings. The second-order valence-corrected chi connectivity index (χ2v) is 5.37. The van der Waals surface area contributed by atoms with Crippen molar-refractivity contribution in [2.24, 2.45) is 0 Å². The lowest BCUT2D eigenvalue weighted by molar-refractivity contribution is 0.410. The van der Waals surface area contributed by atoms with Crippen molar-refractivity contribution in [1.29, 1.82) is 0 Å². The first-order chi connectivity index (χ1) is 12.2. The van der Waals surface area contributed by atoms with E-state index in [2.05, 4.69) is 15.3 Å². The second-order valence-electron chi connectivity index (χ2n) is 5.37. The number of ether oxygens (including phenoxy) is 2. The highest BCUT2D eigenvalue weighted by atomic mass is 16.5. The number of benzene rings is 2. The quantitative estimate of drug-likeness (QED) is 0.723. The summed E-state index contributed by atoms with van der Waals surface area (Å²) in [7, 11) is 3.24. The lowest BCUT2D eigenvalue weighted by Crippen LogP contribution is -2.13. The summed E-state index contributed by atoms with van der Waals surface area (Å²) in [6, 6.07) is 16.6. The molecule has 0 aliphatic heterocycles. The summed E-state index contributed by atoms with van der Waals surface area (Å²) in [5.74, 6) is 1.94. The van der Waals surface area contributed by atoms with Crippen LogP contribution in [-0.2, 0) is 6.54 Å². The Morgan fingerprint density at radius 2 is 1.80 bits per heavy atom. The summed E-state index contributed by atoms with van der Waals surface area (Å²) >= 11 is 0. The van der Waals surface area contributed by atoms with Gasteiger partial charge in [-0.2, -0.15) is 0 Å². The fraction of sp³-hybridized carbons (Fsp3) is 0.158. The van der Waals surface area contributed by atoms with Crippen LogP contribution in [0.15, 0.2) is 59.4 Å². The van der Waals surface area contributed by atoms with E-state index in [0.29, 0.717) is 18.2 Å². The molecule has 6 heteroatoms. The topological polar surface area (TPSA) is 76.2 Å². The molecule has 2 aromatic carbocycles. The van der Waals surface area contributed by atoms with Crippen LogP contribution in [0, 0.1) is 0 Å². The van der Waals surface area contributed by atoms with E-state index in [-0.39, 0.29) is 5.56 Å². The van der Waals surface area contributed by atoms with Crippen LogP contribution in [0.2, 0.25) is 0 Å². The number of para-hydroxylation sites is 1. The SMILES string of the molecule is COc1ccc(-c2cc(=O)[nH]c(NCc3ccccc3OC)n2)cc1. The van der Waals surface area contributed by atoms with Gasteiger partial charge in [-0.1, -0.05) is 18.2 Å². The number of H-pyrrole nitrogens is 1. The fourth-order valence-corrected chi connectivity index (χ4v) is 2.48. The first kappa shape index (κ1) is 16.6. The van der Waals surface area contributed by atoms with Crippen molar-refractivity contribution < 1.29 is 9.47 Å². The van der Waals surface area contributed by atoms with Crippen molar-refractivity contribution in [1.82, 2.24) is 9.97 Å². The van der Waals surface area contributed by atoms with Gasteiger partial charge in [-0.05, 0) is 30.3 Å². The summed E-state index contributed by atoms with van der Waals surface area (Å²) < 4.78 is 10.5. The molecule has 0 saturated carbocycles. The number of methoxy groups -OCH3 is 2. The minimum Gasteiger partial charge on any atom is -0.497 e. The Morgan fingerprint density at radius 1 is 1.04 bits per heavy atom. The highest BCUT2D eigenvalue weighted by Gasteiger charge is 2.06. The van der Waals surface area contributed by atoms with E-state index in [1.807, 2.05) is 48.5 Å². The third-order valence-electron chi connectivity index (χ3n) is 3.77. The van der Waals surface area contributed by atoms with Gasteiger partial charge in [0, 0.05) is 23.7 Å². The van der Waals surface area contributed by atoms with E-state index in [9.17, 15) is 4.79 Å². The van der Waals surface area contributed by atoms with E-state index in [4.69, 9.17) is 9.47 Å². The molecule has 6 nitrogen and oxygen atoms in total. The molecule has 0 bridgehead atoms. The van der Waals surface area contributed by atoms with E-state index in [1.165, 1.54) is 6.07 Å². The van der Waals surface area contributed by atoms with Crippen molar-refractivity contribution in [3.63, 3.8) is 0 Å². The minimum atomic E-state index is -0.219. The van der Waals surface area contributed by atoms with Crippen LogP contribution in [0.25, 0.3) is 11.3 Å². The van der Waals surface area contributed by atoms with E-state index >= 15 is 0 Å². The highest BCUT2D eigenvalue weighted by Crippen LogP contribution is 2.21. The van der Waals surface area contributed by atoms with Gasteiger partial charge in [0.05, 0.1) is 19.9 Å². The Labute approximate surface area is 145 Å². The summed E-state index contributed by atoms with van der Waals surface area (Å²) in [6.07, 6.45) is 0. The van der Waals surface area contributed by atoms with Crippen LogP contribution in [0.5, 0.6) is 11.5 Å². The van der Waals surface area contributed by atoms with Gasteiger partial charge in [-0.3, -0.25) is 9.78 Å². The molecular formula is C19H19N3O3. The highest BCUT2D eigenvalue weighted by molar-refractivity contribution is 5.61. The summed E-state index contributed by atoms with van der Waals surface area (Å²) in [6.45, 7) is 0.485. The van der Waals surface area contributed by atoms with Gasteiger partial charge >= 0.3 is 0 Å². The zero-order valence-electron chi connectivity index (χ0n) is 14.1. The van der Waals surface area contributed by atoms with Gasteiger partial charge in [-0.25, -0.2) is 4.98 Å². The predicted molar refractivity (Wildman–Crippen MR) is 97.2 cm³/mol. The van der Waals surface area contributed by atoms with Gasteiger partial charge in [0.1, 0.15) is 11.5 Å². The lowest BCUT2D eigenvalue weighted by atomic mass is 10.1. The molecule has 0 spiro atoms. The Balaban J connectivity index is 1.82. The first-order valence-electron chi connectivity index (χ1n) is 7.81. The predicted octanol–water partition coefficient (Wildman–Crippen LogP) is 3.07. The number of rotatable bonds is 6. The third kappa shape index (κ3) is 3.98. The molecule has 0 radical (unpaired) electrons. The maximum absolute atomic E-state index is 12.0. The largest absolute Gasteiger partial charge is 0.497 e. The van der Waals surface area contributed by atoms with Gasteiger partial charge in [-0.15, -0.1) is 0 Å². The average molecular weight is 337 g/mol. The van der Waals surface area contributed by atoms with Crippen molar-refractivity contribution in [2.45, 2.75) is 6.54 Å². The maximum atomic E-state index is 12.0. The lowest BCUT2D eigenvalue weighted by Gasteiger charge is -2.10. The number of nitrogens with zero attached hydrogens (tertiary/aromatic N) is 1. The molecular weight excluding hydrogens is 318 g/mol. The van der Waals surface area contributed by atoms with Crippen LogP contribution in [0.3, 0.4) is 0 Å². The molecule has 0 saturated heterocycles. The standard InChI is InChI=1S/C19H19N3O3/c1-24-15-9-7-13(8-10-15)16-11-18(23)22-19(21-16)20-12-14-5-3-4-6-17(14)25-2/h3-11H,12H2,1-2H3,(H2,20,21,22,23). The molecule has 0 amide bonds. The Hall–Kier alpha value is -3.28. The van der Waals surface area contributed by atoms with Crippen LogP contribution in [0.4, 0.5) is 5.95 Å². The van der Waals surface area contributed by atoms with Crippen molar-refractivity contribution in [3.8, 4) is 22.8 Å². The van der Waals surface area contributed by atoms with Gasteiger partial charge in [0.25, 0.3) is 5.56 Å². The Bertz CT molecular complexity index is 904. The number of hydrogen-bond donors (Lipinski definition) is 2. The number of aromatic nitrogens is 2. The Morgan fingerprint density at radius 3 is 2.52 bits per heavy atom. The fourth-order valence-electron chi connectivity index (χ4n) is 2.48. The number of aromatic amines is 1. The molecule has 1 heterocycles. The van der Waals surface area contributed by atoms with Gasteiger partial charge in [0.2, 0.25) is 5.95 Å². The molecule has 0 atom stereocenters. The number of nitrogens with one attached hydrogen (secondary N) is 2. The molecule has 3 rings (SSSR count). The molecule has 0 fully saturated rings. The number of hydrogen-bond acceptors (Lipinski definition) is 5. The van der Waals surface area contributed by atoms with E-state index in [0.717, 1.165) is 22.6 Å². The van der Waals surface area contributed by atoms with Crippen LogP contribution in [-0.4, -0.2) is 24.2 Å². The third-order valence-corrected chi connectivity index (χ3v) is 3.77. The van der Waals surface area contributed by atoms with Crippen molar-refractivity contribution in [2.75, 3.05) is 19.5 Å². The summed E-state index contributed by atoms with van der Waals surface area (Å²) in [4.78, 5) is 19.1. The molecule has 3 aromatic rings.